The first-order chi connectivity index (χ1) is 16.6. The number of carboxylic acid groups (broad SMARTS) is 1. The molecule has 1 aliphatic heterocycles. The summed E-state index contributed by atoms with van der Waals surface area (Å²) in [5, 5.41) is 23.2. The average Bonchev–Trinajstić information content (AvgIpc) is 2.82. The molecule has 4 saturated carbocycles. The number of nitrogens with one attached hydrogen (secondary N) is 1. The molecule has 9 heteroatoms. The van der Waals surface area contributed by atoms with Crippen LogP contribution in [0.4, 0.5) is 10.1 Å². The van der Waals surface area contributed by atoms with Crippen LogP contribution in [-0.2, 0) is 4.79 Å². The molecule has 2 atom stereocenters. The second-order valence-electron chi connectivity index (χ2n) is 11.4. The topological polar surface area (TPSA) is 92.0 Å². The zero-order chi connectivity index (χ0) is 25.0. The molecular weight excluding hydrogens is 469 g/mol. The Hall–Kier alpha value is -2.37. The first kappa shape index (κ1) is 24.3. The van der Waals surface area contributed by atoms with Crippen molar-refractivity contribution in [2.24, 2.45) is 28.2 Å². The van der Waals surface area contributed by atoms with Crippen molar-refractivity contribution < 1.29 is 14.3 Å². The number of benzene rings is 1. The van der Waals surface area contributed by atoms with Crippen molar-refractivity contribution in [3.8, 4) is 6.19 Å². The minimum Gasteiger partial charge on any atom is -0.481 e. The van der Waals surface area contributed by atoms with Crippen LogP contribution in [0.15, 0.2) is 23.2 Å². The Morgan fingerprint density at radius 3 is 2.46 bits per heavy atom. The summed E-state index contributed by atoms with van der Waals surface area (Å²) in [6.45, 7) is 7.21. The van der Waals surface area contributed by atoms with E-state index in [9.17, 15) is 19.6 Å². The third-order valence-electron chi connectivity index (χ3n) is 9.11. The number of nitrogens with zero attached hydrogens (tertiary/aromatic N) is 4. The molecule has 2 unspecified atom stereocenters. The van der Waals surface area contributed by atoms with Crippen molar-refractivity contribution in [1.29, 1.82) is 5.26 Å². The number of hydrogen-bond acceptors (Lipinski definition) is 5. The van der Waals surface area contributed by atoms with Crippen LogP contribution < -0.4 is 10.2 Å². The molecule has 1 saturated heterocycles. The zero-order valence-corrected chi connectivity index (χ0v) is 21.1. The lowest BCUT2D eigenvalue weighted by atomic mass is 9.48. The Labute approximate surface area is 210 Å². The minimum atomic E-state index is -0.637. The van der Waals surface area contributed by atoms with Gasteiger partial charge in [-0.3, -0.25) is 9.69 Å². The van der Waals surface area contributed by atoms with Gasteiger partial charge in [0, 0.05) is 37.9 Å². The fraction of sp³-hybridized carbons (Fsp3) is 0.654. The van der Waals surface area contributed by atoms with Gasteiger partial charge in [0.05, 0.1) is 16.0 Å². The third kappa shape index (κ3) is 4.27. The molecule has 5 aliphatic rings. The van der Waals surface area contributed by atoms with E-state index >= 15 is 0 Å². The summed E-state index contributed by atoms with van der Waals surface area (Å²) in [6.07, 6.45) is 6.36. The van der Waals surface area contributed by atoms with Crippen LogP contribution in [0.1, 0.15) is 46.0 Å². The number of aliphatic carboxylic acids is 1. The maximum absolute atomic E-state index is 13.6. The lowest BCUT2D eigenvalue weighted by molar-refractivity contribution is -0.166. The lowest BCUT2D eigenvalue weighted by Crippen LogP contribution is -2.66. The summed E-state index contributed by atoms with van der Waals surface area (Å²) in [4.78, 5) is 20.9. The molecule has 0 spiro atoms. The standard InChI is InChI=1S/C26H33ClFN5O2/c1-25(2,33-7-5-32(6-8-33)19-3-4-21(28)20(27)11-19)23(30-15-29)31-22-17-9-16-10-18(22)14-26(12-16,13-17)24(34)35/h3-4,11,16-18,22H,5-10,12-14H2,1-2H3,(H,30,31)(H,34,35). The first-order valence-corrected chi connectivity index (χ1v) is 12.9. The maximum atomic E-state index is 13.6. The van der Waals surface area contributed by atoms with E-state index in [4.69, 9.17) is 11.6 Å². The number of hydrogen-bond donors (Lipinski definition) is 2. The number of aliphatic imine (C=N–C) groups is 1. The van der Waals surface area contributed by atoms with Crippen LogP contribution in [0.2, 0.25) is 5.02 Å². The van der Waals surface area contributed by atoms with Crippen molar-refractivity contribution in [2.45, 2.75) is 57.5 Å². The number of rotatable bonds is 5. The van der Waals surface area contributed by atoms with Gasteiger partial charge in [0.1, 0.15) is 11.7 Å². The van der Waals surface area contributed by atoms with Gasteiger partial charge in [0.15, 0.2) is 0 Å². The molecule has 5 fully saturated rings. The summed E-state index contributed by atoms with van der Waals surface area (Å²) in [5.41, 5.74) is -0.142. The first-order valence-electron chi connectivity index (χ1n) is 12.6. The van der Waals surface area contributed by atoms with Crippen molar-refractivity contribution in [2.75, 3.05) is 31.1 Å². The largest absolute Gasteiger partial charge is 0.481 e. The lowest BCUT2D eigenvalue weighted by Gasteiger charge is -2.59. The summed E-state index contributed by atoms with van der Waals surface area (Å²) < 4.78 is 13.6. The van der Waals surface area contributed by atoms with Crippen molar-refractivity contribution >= 4 is 29.1 Å². The normalized spacial score (nSPS) is 33.0. The Morgan fingerprint density at radius 2 is 1.89 bits per heavy atom. The van der Waals surface area contributed by atoms with Crippen molar-refractivity contribution in [3.05, 3.63) is 29.0 Å². The number of anilines is 1. The fourth-order valence-electron chi connectivity index (χ4n) is 7.43. The highest BCUT2D eigenvalue weighted by Crippen LogP contribution is 2.60. The number of halogens is 2. The maximum Gasteiger partial charge on any atom is 0.309 e. The molecule has 188 valence electrons. The Morgan fingerprint density at radius 1 is 1.23 bits per heavy atom. The quantitative estimate of drug-likeness (QED) is 0.358. The molecular formula is C26H33ClFN5O2. The van der Waals surface area contributed by atoms with Gasteiger partial charge in [-0.15, -0.1) is 0 Å². The van der Waals surface area contributed by atoms with Crippen LogP contribution in [-0.4, -0.2) is 59.6 Å². The molecule has 1 aromatic carbocycles. The SMILES string of the molecule is CC(C)(/C(=N/C#N)NC1C2CC3CC1CC(C(=O)O)(C3)C2)N1CCN(c2ccc(F)c(Cl)c2)CC1. The van der Waals surface area contributed by atoms with Crippen LogP contribution in [0, 0.1) is 40.4 Å². The molecule has 7 nitrogen and oxygen atoms in total. The summed E-state index contributed by atoms with van der Waals surface area (Å²) in [5.74, 6) is 0.716. The molecule has 6 rings (SSSR count). The highest BCUT2D eigenvalue weighted by Gasteiger charge is 2.59. The predicted octanol–water partition coefficient (Wildman–Crippen LogP) is 4.13. The van der Waals surface area contributed by atoms with Gasteiger partial charge in [-0.1, -0.05) is 11.6 Å². The van der Waals surface area contributed by atoms with E-state index in [2.05, 4.69) is 34.0 Å². The van der Waals surface area contributed by atoms with Gasteiger partial charge < -0.3 is 15.3 Å². The van der Waals surface area contributed by atoms with Crippen molar-refractivity contribution in [3.63, 3.8) is 0 Å². The molecule has 1 aromatic rings. The molecule has 4 bridgehead atoms. The van der Waals surface area contributed by atoms with E-state index in [-0.39, 0.29) is 11.1 Å². The Kier molecular flexibility index (Phi) is 6.21. The average molecular weight is 502 g/mol. The van der Waals surface area contributed by atoms with Gasteiger partial charge in [-0.2, -0.15) is 10.3 Å². The monoisotopic (exact) mass is 501 g/mol. The second kappa shape index (κ2) is 8.94. The number of carboxylic acids is 1. The molecule has 0 aromatic heterocycles. The number of amidine groups is 1. The molecule has 35 heavy (non-hydrogen) atoms. The molecule has 2 N–H and O–H groups in total. The summed E-state index contributed by atoms with van der Waals surface area (Å²) in [7, 11) is 0. The smallest absolute Gasteiger partial charge is 0.309 e. The van der Waals surface area contributed by atoms with E-state index in [0.29, 0.717) is 36.4 Å². The van der Waals surface area contributed by atoms with Crippen LogP contribution in [0.5, 0.6) is 0 Å². The van der Waals surface area contributed by atoms with Gasteiger partial charge in [0.25, 0.3) is 0 Å². The minimum absolute atomic E-state index is 0.123. The van der Waals surface area contributed by atoms with Crippen LogP contribution >= 0.6 is 11.6 Å². The predicted molar refractivity (Wildman–Crippen MR) is 133 cm³/mol. The molecule has 0 amide bonds. The highest BCUT2D eigenvalue weighted by atomic mass is 35.5. The van der Waals surface area contributed by atoms with Gasteiger partial charge in [-0.05, 0) is 81.9 Å². The molecule has 4 aliphatic carbocycles. The molecule has 1 heterocycles. The number of piperazine rings is 1. The Balaban J connectivity index is 1.28. The highest BCUT2D eigenvalue weighted by molar-refractivity contribution is 6.31. The number of nitriles is 1. The zero-order valence-electron chi connectivity index (χ0n) is 20.3. The second-order valence-corrected chi connectivity index (χ2v) is 11.8. The van der Waals surface area contributed by atoms with E-state index < -0.39 is 22.7 Å². The fourth-order valence-corrected chi connectivity index (χ4v) is 7.61. The van der Waals surface area contributed by atoms with E-state index in [1.807, 2.05) is 6.19 Å². The van der Waals surface area contributed by atoms with Crippen LogP contribution in [0.25, 0.3) is 0 Å². The van der Waals surface area contributed by atoms with Gasteiger partial charge in [0.2, 0.25) is 6.19 Å². The summed E-state index contributed by atoms with van der Waals surface area (Å²) in [6, 6.07) is 4.98. The Bertz CT molecular complexity index is 1060. The van der Waals surface area contributed by atoms with E-state index in [1.165, 1.54) is 6.07 Å². The molecule has 0 radical (unpaired) electrons. The van der Waals surface area contributed by atoms with Gasteiger partial charge >= 0.3 is 5.97 Å². The third-order valence-corrected chi connectivity index (χ3v) is 9.40. The van der Waals surface area contributed by atoms with E-state index in [1.54, 1.807) is 12.1 Å². The van der Waals surface area contributed by atoms with Crippen LogP contribution in [0.3, 0.4) is 0 Å². The summed E-state index contributed by atoms with van der Waals surface area (Å²) >= 11 is 5.98. The van der Waals surface area contributed by atoms with Crippen molar-refractivity contribution in [1.82, 2.24) is 10.2 Å². The number of carbonyl (C=O) groups is 1. The van der Waals surface area contributed by atoms with E-state index in [0.717, 1.165) is 51.1 Å². The van der Waals surface area contributed by atoms with Gasteiger partial charge in [-0.25, -0.2) is 4.39 Å².